The van der Waals surface area contributed by atoms with Crippen molar-refractivity contribution in [2.24, 2.45) is 0 Å². The Labute approximate surface area is 87.8 Å². The largest absolute Gasteiger partial charge is 0.396 e. The fraction of sp³-hybridized carbons (Fsp3) is 0. The Bertz CT molecular complexity index is 410. The summed E-state index contributed by atoms with van der Waals surface area (Å²) in [5.74, 6) is 0.705. The van der Waals surface area contributed by atoms with E-state index in [1.54, 1.807) is 23.7 Å². The van der Waals surface area contributed by atoms with Crippen LogP contribution in [0.3, 0.4) is 0 Å². The average Bonchev–Trinajstić information content (AvgIpc) is 2.53. The molecule has 0 spiro atoms. The number of nitrogen functional groups attached to an aromatic ring is 1. The lowest BCUT2D eigenvalue weighted by Crippen LogP contribution is -1.90. The molecule has 0 unspecified atom stereocenters. The molecule has 0 aliphatic heterocycles. The molecule has 5 heteroatoms. The fourth-order valence-electron chi connectivity index (χ4n) is 0.909. The molecule has 2 aromatic heterocycles. The molecule has 3 nitrogen and oxygen atoms in total. The van der Waals surface area contributed by atoms with Gasteiger partial charge in [0.1, 0.15) is 0 Å². The van der Waals surface area contributed by atoms with E-state index in [1.165, 1.54) is 0 Å². The van der Waals surface area contributed by atoms with E-state index < -0.39 is 0 Å². The zero-order valence-corrected chi connectivity index (χ0v) is 8.97. The van der Waals surface area contributed by atoms with Crippen LogP contribution in [0, 0.1) is 0 Å². The lowest BCUT2D eigenvalue weighted by atomic mass is 10.4. The number of halogens is 1. The third kappa shape index (κ3) is 1.71. The summed E-state index contributed by atoms with van der Waals surface area (Å²) < 4.78 is 1.02. The minimum Gasteiger partial charge on any atom is -0.396 e. The molecule has 2 rings (SSSR count). The molecule has 2 N–H and O–H groups in total. The van der Waals surface area contributed by atoms with Crippen molar-refractivity contribution in [3.05, 3.63) is 28.3 Å². The highest BCUT2D eigenvalue weighted by molar-refractivity contribution is 9.10. The standard InChI is InChI=1S/C8H6BrN3S/c9-6-1-2-13-7(6)8-11-3-5(10)4-12-8/h1-4H,10H2. The molecule has 0 amide bonds. The third-order valence-electron chi connectivity index (χ3n) is 1.49. The van der Waals surface area contributed by atoms with Crippen LogP contribution in [0.4, 0.5) is 5.69 Å². The van der Waals surface area contributed by atoms with Crippen LogP contribution in [0.25, 0.3) is 10.7 Å². The van der Waals surface area contributed by atoms with E-state index in [0.29, 0.717) is 11.5 Å². The minimum atomic E-state index is 0.580. The maximum atomic E-state index is 5.48. The topological polar surface area (TPSA) is 51.8 Å². The van der Waals surface area contributed by atoms with E-state index in [1.807, 2.05) is 11.4 Å². The van der Waals surface area contributed by atoms with Crippen LogP contribution in [-0.2, 0) is 0 Å². The number of nitrogens with two attached hydrogens (primary N) is 1. The molecule has 0 radical (unpaired) electrons. The van der Waals surface area contributed by atoms with Crippen LogP contribution in [0.1, 0.15) is 0 Å². The summed E-state index contributed by atoms with van der Waals surface area (Å²) in [5.41, 5.74) is 6.06. The molecule has 0 atom stereocenters. The van der Waals surface area contributed by atoms with E-state index >= 15 is 0 Å². The quantitative estimate of drug-likeness (QED) is 0.853. The molecule has 2 aromatic rings. The Morgan fingerprint density at radius 2 is 2.00 bits per heavy atom. The second-order valence-electron chi connectivity index (χ2n) is 2.44. The minimum absolute atomic E-state index is 0.580. The van der Waals surface area contributed by atoms with Gasteiger partial charge >= 0.3 is 0 Å². The van der Waals surface area contributed by atoms with Crippen molar-refractivity contribution in [1.29, 1.82) is 0 Å². The van der Waals surface area contributed by atoms with Crippen LogP contribution in [0.2, 0.25) is 0 Å². The number of rotatable bonds is 1. The highest BCUT2D eigenvalue weighted by atomic mass is 79.9. The van der Waals surface area contributed by atoms with Gasteiger partial charge in [0.05, 0.1) is 23.0 Å². The Hall–Kier alpha value is -0.940. The van der Waals surface area contributed by atoms with Gasteiger partial charge in [0.25, 0.3) is 0 Å². The number of thiophene rings is 1. The highest BCUT2D eigenvalue weighted by Crippen LogP contribution is 2.30. The highest BCUT2D eigenvalue weighted by Gasteiger charge is 2.06. The molecular weight excluding hydrogens is 250 g/mol. The van der Waals surface area contributed by atoms with Crippen LogP contribution < -0.4 is 5.73 Å². The first-order valence-corrected chi connectivity index (χ1v) is 5.25. The van der Waals surface area contributed by atoms with Gasteiger partial charge in [-0.15, -0.1) is 11.3 Å². The van der Waals surface area contributed by atoms with Crippen molar-refractivity contribution < 1.29 is 0 Å². The van der Waals surface area contributed by atoms with Crippen LogP contribution >= 0.6 is 27.3 Å². The number of hydrogen-bond donors (Lipinski definition) is 1. The molecule has 0 saturated carbocycles. The fourth-order valence-corrected chi connectivity index (χ4v) is 2.41. The maximum Gasteiger partial charge on any atom is 0.170 e. The van der Waals surface area contributed by atoms with Crippen molar-refractivity contribution >= 4 is 33.0 Å². The van der Waals surface area contributed by atoms with Gasteiger partial charge in [-0.2, -0.15) is 0 Å². The smallest absolute Gasteiger partial charge is 0.170 e. The van der Waals surface area contributed by atoms with Crippen LogP contribution in [-0.4, -0.2) is 9.97 Å². The predicted octanol–water partition coefficient (Wildman–Crippen LogP) is 2.55. The second kappa shape index (κ2) is 3.43. The Balaban J connectivity index is 2.47. The lowest BCUT2D eigenvalue weighted by molar-refractivity contribution is 1.19. The summed E-state index contributed by atoms with van der Waals surface area (Å²) in [5, 5.41) is 1.99. The molecule has 0 aliphatic rings. The summed E-state index contributed by atoms with van der Waals surface area (Å²) in [6, 6.07) is 1.97. The first-order chi connectivity index (χ1) is 6.27. The second-order valence-corrected chi connectivity index (χ2v) is 4.21. The van der Waals surface area contributed by atoms with Gasteiger partial charge in [-0.3, -0.25) is 0 Å². The van der Waals surface area contributed by atoms with Crippen molar-refractivity contribution in [3.63, 3.8) is 0 Å². The Morgan fingerprint density at radius 1 is 1.31 bits per heavy atom. The van der Waals surface area contributed by atoms with E-state index in [2.05, 4.69) is 25.9 Å². The zero-order chi connectivity index (χ0) is 9.26. The summed E-state index contributed by atoms with van der Waals surface area (Å²) >= 11 is 5.02. The van der Waals surface area contributed by atoms with Crippen LogP contribution in [0.5, 0.6) is 0 Å². The molecule has 13 heavy (non-hydrogen) atoms. The van der Waals surface area contributed by atoms with Gasteiger partial charge in [-0.05, 0) is 27.4 Å². The molecule has 2 heterocycles. The molecule has 0 saturated heterocycles. The summed E-state index contributed by atoms with van der Waals surface area (Å²) in [6.45, 7) is 0. The summed E-state index contributed by atoms with van der Waals surface area (Å²) in [6.07, 6.45) is 3.21. The van der Waals surface area contributed by atoms with Crippen molar-refractivity contribution in [2.45, 2.75) is 0 Å². The van der Waals surface area contributed by atoms with Crippen molar-refractivity contribution in [3.8, 4) is 10.7 Å². The molecule has 66 valence electrons. The number of aromatic nitrogens is 2. The van der Waals surface area contributed by atoms with Crippen molar-refractivity contribution in [1.82, 2.24) is 9.97 Å². The van der Waals surface area contributed by atoms with E-state index in [0.717, 1.165) is 9.35 Å². The van der Waals surface area contributed by atoms with Gasteiger partial charge in [-0.1, -0.05) is 0 Å². The molecular formula is C8H6BrN3S. The normalized spacial score (nSPS) is 10.2. The number of nitrogens with zero attached hydrogens (tertiary/aromatic N) is 2. The first kappa shape index (κ1) is 8.65. The Morgan fingerprint density at radius 3 is 2.54 bits per heavy atom. The van der Waals surface area contributed by atoms with Gasteiger partial charge in [0.2, 0.25) is 0 Å². The predicted molar refractivity (Wildman–Crippen MR) is 57.5 cm³/mol. The van der Waals surface area contributed by atoms with Gasteiger partial charge in [0, 0.05) is 4.47 Å². The summed E-state index contributed by atoms with van der Waals surface area (Å²) in [4.78, 5) is 9.28. The molecule has 0 fully saturated rings. The van der Waals surface area contributed by atoms with Gasteiger partial charge in [-0.25, -0.2) is 9.97 Å². The average molecular weight is 256 g/mol. The van der Waals surface area contributed by atoms with E-state index in [9.17, 15) is 0 Å². The molecule has 0 bridgehead atoms. The van der Waals surface area contributed by atoms with Gasteiger partial charge in [0.15, 0.2) is 5.82 Å². The van der Waals surface area contributed by atoms with Crippen molar-refractivity contribution in [2.75, 3.05) is 5.73 Å². The number of anilines is 1. The lowest BCUT2D eigenvalue weighted by Gasteiger charge is -1.96. The Kier molecular flexibility index (Phi) is 2.28. The van der Waals surface area contributed by atoms with E-state index in [-0.39, 0.29) is 0 Å². The molecule has 0 aromatic carbocycles. The van der Waals surface area contributed by atoms with Gasteiger partial charge < -0.3 is 5.73 Å². The number of hydrogen-bond acceptors (Lipinski definition) is 4. The first-order valence-electron chi connectivity index (χ1n) is 3.58. The maximum absolute atomic E-state index is 5.48. The monoisotopic (exact) mass is 255 g/mol. The SMILES string of the molecule is Nc1cnc(-c2sccc2Br)nc1. The zero-order valence-electron chi connectivity index (χ0n) is 6.57. The van der Waals surface area contributed by atoms with E-state index in [4.69, 9.17) is 5.73 Å². The van der Waals surface area contributed by atoms with Crippen LogP contribution in [0.15, 0.2) is 28.3 Å². The molecule has 0 aliphatic carbocycles. The summed E-state index contributed by atoms with van der Waals surface area (Å²) in [7, 11) is 0. The third-order valence-corrected chi connectivity index (χ3v) is 3.33.